The van der Waals surface area contributed by atoms with E-state index >= 15 is 0 Å². The van der Waals surface area contributed by atoms with Crippen molar-refractivity contribution >= 4 is 23.0 Å². The zero-order valence-electron chi connectivity index (χ0n) is 17.7. The van der Waals surface area contributed by atoms with E-state index in [0.29, 0.717) is 16.7 Å². The number of anilines is 1. The van der Waals surface area contributed by atoms with E-state index in [1.807, 2.05) is 49.3 Å². The molecular formula is C22H23F2N5O3. The van der Waals surface area contributed by atoms with Gasteiger partial charge in [-0.3, -0.25) is 9.78 Å². The zero-order valence-corrected chi connectivity index (χ0v) is 17.7. The fraction of sp³-hybridized carbons (Fsp3) is 0.364. The Kier molecular flexibility index (Phi) is 6.24. The number of rotatable bonds is 7. The van der Waals surface area contributed by atoms with Crippen LogP contribution in [0.5, 0.6) is 5.88 Å². The molecule has 0 amide bonds. The Balaban J connectivity index is 1.57. The Hall–Kier alpha value is -3.24. The molecule has 3 heterocycles. The molecule has 32 heavy (non-hydrogen) atoms. The van der Waals surface area contributed by atoms with Crippen molar-refractivity contribution in [3.05, 3.63) is 42.7 Å². The van der Waals surface area contributed by atoms with E-state index in [1.54, 1.807) is 6.20 Å². The predicted molar refractivity (Wildman–Crippen MR) is 115 cm³/mol. The van der Waals surface area contributed by atoms with Crippen LogP contribution in [0.1, 0.15) is 0 Å². The molecule has 0 aliphatic carbocycles. The van der Waals surface area contributed by atoms with Gasteiger partial charge in [-0.15, -0.1) is 0 Å². The largest absolute Gasteiger partial charge is 0.473 e. The Morgan fingerprint density at radius 2 is 2.00 bits per heavy atom. The third-order valence-corrected chi connectivity index (χ3v) is 5.21. The minimum atomic E-state index is -3.53. The topological polar surface area (TPSA) is 80.7 Å². The highest BCUT2D eigenvalue weighted by Crippen LogP contribution is 2.28. The Morgan fingerprint density at radius 3 is 2.72 bits per heavy atom. The number of hydrogen-bond acceptors (Lipinski definition) is 8. The van der Waals surface area contributed by atoms with Gasteiger partial charge in [0.25, 0.3) is 0 Å². The SMILES string of the molecule is CN(C)c1ccc(-c2cc3nccnc3c(OC[C@@H]3CN(C(F)(F)C=O)CCO3)n2)cc1. The molecule has 1 aliphatic heterocycles. The van der Waals surface area contributed by atoms with Crippen molar-refractivity contribution in [2.24, 2.45) is 0 Å². The van der Waals surface area contributed by atoms with Crippen molar-refractivity contribution in [2.45, 2.75) is 12.2 Å². The number of carbonyl (C=O) groups is 1. The van der Waals surface area contributed by atoms with Crippen molar-refractivity contribution in [2.75, 3.05) is 45.3 Å². The second-order valence-corrected chi connectivity index (χ2v) is 7.63. The van der Waals surface area contributed by atoms with Crippen molar-refractivity contribution in [3.63, 3.8) is 0 Å². The van der Waals surface area contributed by atoms with Crippen LogP contribution < -0.4 is 9.64 Å². The molecule has 0 unspecified atom stereocenters. The number of pyridine rings is 1. The summed E-state index contributed by atoms with van der Waals surface area (Å²) in [5, 5.41) is 0. The molecule has 1 aliphatic rings. The summed E-state index contributed by atoms with van der Waals surface area (Å²) in [5.74, 6) is 0.241. The van der Waals surface area contributed by atoms with Crippen LogP contribution in [0.15, 0.2) is 42.7 Å². The number of benzene rings is 1. The fourth-order valence-corrected chi connectivity index (χ4v) is 3.46. The number of alkyl halides is 2. The maximum atomic E-state index is 13.7. The number of hydrogen-bond donors (Lipinski definition) is 0. The molecule has 10 heteroatoms. The molecule has 4 rings (SSSR count). The highest BCUT2D eigenvalue weighted by molar-refractivity contribution is 5.83. The Bertz CT molecular complexity index is 1090. The number of halogens is 2. The molecule has 1 atom stereocenters. The summed E-state index contributed by atoms with van der Waals surface area (Å²) >= 11 is 0. The van der Waals surface area contributed by atoms with Crippen LogP contribution in [0.4, 0.5) is 14.5 Å². The van der Waals surface area contributed by atoms with Gasteiger partial charge in [0.2, 0.25) is 12.2 Å². The highest BCUT2D eigenvalue weighted by atomic mass is 19.3. The average molecular weight is 443 g/mol. The number of carbonyl (C=O) groups excluding carboxylic acids is 1. The van der Waals surface area contributed by atoms with Gasteiger partial charge in [-0.25, -0.2) is 14.9 Å². The molecule has 168 valence electrons. The monoisotopic (exact) mass is 443 g/mol. The highest BCUT2D eigenvalue weighted by Gasteiger charge is 2.40. The second kappa shape index (κ2) is 9.09. The molecular weight excluding hydrogens is 420 g/mol. The van der Waals surface area contributed by atoms with Gasteiger partial charge in [0.15, 0.2) is 5.52 Å². The predicted octanol–water partition coefficient (Wildman–Crippen LogP) is 2.63. The summed E-state index contributed by atoms with van der Waals surface area (Å²) in [4.78, 5) is 26.7. The number of fused-ring (bicyclic) bond motifs is 1. The molecule has 1 fully saturated rings. The number of nitrogens with zero attached hydrogens (tertiary/aromatic N) is 5. The summed E-state index contributed by atoms with van der Waals surface area (Å²) in [6.45, 7) is -0.120. The smallest absolute Gasteiger partial charge is 0.361 e. The fourth-order valence-electron chi connectivity index (χ4n) is 3.46. The summed E-state index contributed by atoms with van der Waals surface area (Å²) in [6, 6.07) is 6.16. The second-order valence-electron chi connectivity index (χ2n) is 7.63. The van der Waals surface area contributed by atoms with Crippen molar-refractivity contribution in [1.82, 2.24) is 19.9 Å². The van der Waals surface area contributed by atoms with Gasteiger partial charge in [0, 0.05) is 50.8 Å². The lowest BCUT2D eigenvalue weighted by molar-refractivity contribution is -0.185. The van der Waals surface area contributed by atoms with Gasteiger partial charge in [-0.1, -0.05) is 12.1 Å². The van der Waals surface area contributed by atoms with Crippen molar-refractivity contribution in [1.29, 1.82) is 0 Å². The molecule has 0 spiro atoms. The zero-order chi connectivity index (χ0) is 22.7. The molecule has 8 nitrogen and oxygen atoms in total. The van der Waals surface area contributed by atoms with E-state index in [0.717, 1.165) is 16.2 Å². The Labute approximate surface area is 183 Å². The van der Waals surface area contributed by atoms with Gasteiger partial charge >= 0.3 is 6.05 Å². The van der Waals surface area contributed by atoms with Crippen LogP contribution >= 0.6 is 0 Å². The molecule has 0 radical (unpaired) electrons. The van der Waals surface area contributed by atoms with Crippen molar-refractivity contribution in [3.8, 4) is 17.1 Å². The van der Waals surface area contributed by atoms with Crippen LogP contribution in [-0.4, -0.2) is 78.7 Å². The van der Waals surface area contributed by atoms with E-state index in [4.69, 9.17) is 9.47 Å². The third kappa shape index (κ3) is 4.66. The number of aldehydes is 1. The van der Waals surface area contributed by atoms with Gasteiger partial charge in [0.05, 0.1) is 17.8 Å². The lowest BCUT2D eigenvalue weighted by Gasteiger charge is -2.35. The van der Waals surface area contributed by atoms with Crippen LogP contribution in [0.3, 0.4) is 0 Å². The Morgan fingerprint density at radius 1 is 1.25 bits per heavy atom. The first-order valence-electron chi connectivity index (χ1n) is 10.1. The van der Waals surface area contributed by atoms with E-state index < -0.39 is 12.2 Å². The lowest BCUT2D eigenvalue weighted by atomic mass is 10.1. The van der Waals surface area contributed by atoms with Gasteiger partial charge in [-0.2, -0.15) is 8.78 Å². The van der Waals surface area contributed by atoms with E-state index in [-0.39, 0.29) is 38.5 Å². The average Bonchev–Trinajstić information content (AvgIpc) is 2.82. The van der Waals surface area contributed by atoms with Gasteiger partial charge in [-0.05, 0) is 18.2 Å². The number of morpholine rings is 1. The first-order chi connectivity index (χ1) is 15.4. The lowest BCUT2D eigenvalue weighted by Crippen LogP contribution is -2.53. The summed E-state index contributed by atoms with van der Waals surface area (Å²) in [6.07, 6.45) is 2.11. The summed E-state index contributed by atoms with van der Waals surface area (Å²) in [7, 11) is 3.93. The first-order valence-corrected chi connectivity index (χ1v) is 10.1. The molecule has 3 aromatic rings. The van der Waals surface area contributed by atoms with Crippen LogP contribution in [0.25, 0.3) is 22.3 Å². The maximum absolute atomic E-state index is 13.7. The normalized spacial score (nSPS) is 17.3. The van der Waals surface area contributed by atoms with Crippen molar-refractivity contribution < 1.29 is 23.0 Å². The van der Waals surface area contributed by atoms with E-state index in [2.05, 4.69) is 15.0 Å². The van der Waals surface area contributed by atoms with Gasteiger partial charge in [0.1, 0.15) is 12.7 Å². The first kappa shape index (κ1) is 22.0. The minimum Gasteiger partial charge on any atom is -0.473 e. The molecule has 2 aromatic heterocycles. The van der Waals surface area contributed by atoms with E-state index in [9.17, 15) is 13.6 Å². The third-order valence-electron chi connectivity index (χ3n) is 5.21. The minimum absolute atomic E-state index is 0.0207. The quantitative estimate of drug-likeness (QED) is 0.407. The molecule has 0 bridgehead atoms. The molecule has 0 saturated carbocycles. The summed E-state index contributed by atoms with van der Waals surface area (Å²) in [5.41, 5.74) is 3.64. The van der Waals surface area contributed by atoms with Crippen LogP contribution in [0.2, 0.25) is 0 Å². The maximum Gasteiger partial charge on any atom is 0.361 e. The number of aromatic nitrogens is 3. The number of ether oxygens (including phenoxy) is 2. The van der Waals surface area contributed by atoms with Gasteiger partial charge < -0.3 is 14.4 Å². The summed E-state index contributed by atoms with van der Waals surface area (Å²) < 4.78 is 38.9. The molecule has 1 saturated heterocycles. The van der Waals surface area contributed by atoms with Crippen LogP contribution in [0, 0.1) is 0 Å². The standard InChI is InChI=1S/C22H23F2N5O3/c1-28(2)16-5-3-15(4-6-16)18-11-19-20(26-8-7-25-19)21(27-18)32-13-17-12-29(9-10-31-17)22(23,24)14-30/h3-8,11,14,17H,9-10,12-13H2,1-2H3/t17-/m0/s1. The van der Waals surface area contributed by atoms with Crippen LogP contribution in [-0.2, 0) is 9.53 Å². The molecule has 1 aromatic carbocycles. The molecule has 0 N–H and O–H groups in total. The van der Waals surface area contributed by atoms with E-state index in [1.165, 1.54) is 6.20 Å².